The molecule has 0 aliphatic heterocycles. The quantitative estimate of drug-likeness (QED) is 0.451. The number of thiazole rings is 1. The normalized spacial score (nSPS) is 10.6. The van der Waals surface area contributed by atoms with E-state index in [1.807, 2.05) is 30.5 Å². The first-order valence-electron chi connectivity index (χ1n) is 8.89. The maximum absolute atomic E-state index is 13.3. The lowest BCUT2D eigenvalue weighted by atomic mass is 10.1. The zero-order chi connectivity index (χ0) is 20.2. The van der Waals surface area contributed by atoms with Crippen LogP contribution in [0.1, 0.15) is 15.9 Å². The summed E-state index contributed by atoms with van der Waals surface area (Å²) in [5.74, 6) is -0.710. The maximum Gasteiger partial charge on any atom is 0.255 e. The minimum absolute atomic E-state index is 0.310. The summed E-state index contributed by atoms with van der Waals surface area (Å²) >= 11 is 1.48. The molecule has 29 heavy (non-hydrogen) atoms. The average molecular weight is 404 g/mol. The van der Waals surface area contributed by atoms with Crippen molar-refractivity contribution in [1.82, 2.24) is 9.97 Å². The van der Waals surface area contributed by atoms with Gasteiger partial charge in [0.2, 0.25) is 0 Å². The van der Waals surface area contributed by atoms with Crippen molar-refractivity contribution in [3.8, 4) is 11.3 Å². The van der Waals surface area contributed by atoms with Crippen LogP contribution in [0.2, 0.25) is 0 Å². The fourth-order valence-corrected chi connectivity index (χ4v) is 3.50. The summed E-state index contributed by atoms with van der Waals surface area (Å²) in [6.07, 6.45) is 3.46. The summed E-state index contributed by atoms with van der Waals surface area (Å²) < 4.78 is 13.3. The van der Waals surface area contributed by atoms with Crippen LogP contribution in [-0.4, -0.2) is 15.9 Å². The second kappa shape index (κ2) is 8.20. The van der Waals surface area contributed by atoms with Crippen LogP contribution in [0.3, 0.4) is 0 Å². The van der Waals surface area contributed by atoms with Gasteiger partial charge in [-0.05, 0) is 55.0 Å². The van der Waals surface area contributed by atoms with Gasteiger partial charge in [0.25, 0.3) is 5.91 Å². The first kappa shape index (κ1) is 18.8. The number of carbonyl (C=O) groups is 1. The standard InChI is InChI=1S/C22H17FN4OS/c1-14-5-6-16(21(28)25-18-4-2-3-17(23)12-18)11-19(14)26-22-27-20(13-29-22)15-7-9-24-10-8-15/h2-13H,1H3,(H,25,28)(H,26,27). The smallest absolute Gasteiger partial charge is 0.255 e. The largest absolute Gasteiger partial charge is 0.331 e. The first-order chi connectivity index (χ1) is 14.1. The van der Waals surface area contributed by atoms with Crippen molar-refractivity contribution >= 4 is 33.8 Å². The average Bonchev–Trinajstić information content (AvgIpc) is 3.19. The molecule has 2 aromatic carbocycles. The van der Waals surface area contributed by atoms with Crippen LogP contribution >= 0.6 is 11.3 Å². The highest BCUT2D eigenvalue weighted by Crippen LogP contribution is 2.28. The number of hydrogen-bond donors (Lipinski definition) is 2. The minimum Gasteiger partial charge on any atom is -0.331 e. The number of hydrogen-bond acceptors (Lipinski definition) is 5. The molecule has 0 unspecified atom stereocenters. The number of carbonyl (C=O) groups excluding carboxylic acids is 1. The van der Waals surface area contributed by atoms with E-state index in [-0.39, 0.29) is 5.91 Å². The summed E-state index contributed by atoms with van der Waals surface area (Å²) in [4.78, 5) is 21.2. The van der Waals surface area contributed by atoms with Gasteiger partial charge < -0.3 is 10.6 Å². The van der Waals surface area contributed by atoms with E-state index in [2.05, 4.69) is 20.6 Å². The second-order valence-electron chi connectivity index (χ2n) is 6.39. The molecule has 1 amide bonds. The Morgan fingerprint density at radius 3 is 2.69 bits per heavy atom. The third-order valence-electron chi connectivity index (χ3n) is 4.30. The van der Waals surface area contributed by atoms with E-state index >= 15 is 0 Å². The van der Waals surface area contributed by atoms with Crippen LogP contribution < -0.4 is 10.6 Å². The van der Waals surface area contributed by atoms with E-state index in [9.17, 15) is 9.18 Å². The van der Waals surface area contributed by atoms with Crippen LogP contribution in [-0.2, 0) is 0 Å². The van der Waals surface area contributed by atoms with Crippen molar-refractivity contribution in [3.63, 3.8) is 0 Å². The molecule has 0 saturated heterocycles. The molecule has 0 saturated carbocycles. The highest BCUT2D eigenvalue weighted by atomic mass is 32.1. The Hall–Kier alpha value is -3.58. The van der Waals surface area contributed by atoms with Crippen LogP contribution in [0.4, 0.5) is 20.9 Å². The monoisotopic (exact) mass is 404 g/mol. The Morgan fingerprint density at radius 1 is 1.07 bits per heavy atom. The molecule has 0 bridgehead atoms. The van der Waals surface area contributed by atoms with Crippen molar-refractivity contribution in [2.75, 3.05) is 10.6 Å². The number of rotatable bonds is 5. The van der Waals surface area contributed by atoms with Gasteiger partial charge in [-0.2, -0.15) is 0 Å². The fourth-order valence-electron chi connectivity index (χ4n) is 2.77. The topological polar surface area (TPSA) is 66.9 Å². The third-order valence-corrected chi connectivity index (χ3v) is 5.06. The molecule has 2 N–H and O–H groups in total. The molecule has 2 aromatic heterocycles. The Labute approximate surface area is 171 Å². The fraction of sp³-hybridized carbons (Fsp3) is 0.0455. The molecular weight excluding hydrogens is 387 g/mol. The Kier molecular flexibility index (Phi) is 5.31. The van der Waals surface area contributed by atoms with Crippen LogP contribution in [0, 0.1) is 12.7 Å². The number of amides is 1. The van der Waals surface area contributed by atoms with E-state index in [4.69, 9.17) is 0 Å². The van der Waals surface area contributed by atoms with Gasteiger partial charge in [0.1, 0.15) is 5.82 Å². The number of anilines is 3. The number of aromatic nitrogens is 2. The van der Waals surface area contributed by atoms with E-state index in [0.717, 1.165) is 27.6 Å². The zero-order valence-electron chi connectivity index (χ0n) is 15.5. The van der Waals surface area contributed by atoms with Gasteiger partial charge in [-0.25, -0.2) is 9.37 Å². The van der Waals surface area contributed by atoms with Gasteiger partial charge in [-0.3, -0.25) is 9.78 Å². The molecule has 4 aromatic rings. The lowest BCUT2D eigenvalue weighted by molar-refractivity contribution is 0.102. The van der Waals surface area contributed by atoms with Crippen LogP contribution in [0.15, 0.2) is 72.4 Å². The van der Waals surface area contributed by atoms with Crippen molar-refractivity contribution in [2.45, 2.75) is 6.92 Å². The number of pyridine rings is 1. The number of nitrogens with zero attached hydrogens (tertiary/aromatic N) is 2. The molecule has 0 spiro atoms. The van der Waals surface area contributed by atoms with Gasteiger partial charge in [-0.15, -0.1) is 11.3 Å². The van der Waals surface area contributed by atoms with Gasteiger partial charge in [-0.1, -0.05) is 12.1 Å². The number of halogens is 1. The van der Waals surface area contributed by atoms with E-state index in [0.29, 0.717) is 11.3 Å². The van der Waals surface area contributed by atoms with Gasteiger partial charge in [0.05, 0.1) is 5.69 Å². The van der Waals surface area contributed by atoms with Crippen molar-refractivity contribution in [2.24, 2.45) is 0 Å². The summed E-state index contributed by atoms with van der Waals surface area (Å²) in [5, 5.41) is 8.68. The molecule has 4 rings (SSSR count). The van der Waals surface area contributed by atoms with E-state index in [1.54, 1.807) is 36.7 Å². The van der Waals surface area contributed by atoms with E-state index < -0.39 is 5.82 Å². The highest BCUT2D eigenvalue weighted by Gasteiger charge is 2.11. The summed E-state index contributed by atoms with van der Waals surface area (Å²) in [6, 6.07) is 15.0. The molecule has 0 fully saturated rings. The lowest BCUT2D eigenvalue weighted by Gasteiger charge is -2.10. The summed E-state index contributed by atoms with van der Waals surface area (Å²) in [5.41, 5.74) is 4.49. The van der Waals surface area contributed by atoms with Crippen molar-refractivity contribution < 1.29 is 9.18 Å². The number of benzene rings is 2. The highest BCUT2D eigenvalue weighted by molar-refractivity contribution is 7.14. The summed E-state index contributed by atoms with van der Waals surface area (Å²) in [6.45, 7) is 1.95. The Morgan fingerprint density at radius 2 is 1.90 bits per heavy atom. The predicted molar refractivity (Wildman–Crippen MR) is 114 cm³/mol. The minimum atomic E-state index is -0.400. The van der Waals surface area contributed by atoms with E-state index in [1.165, 1.54) is 23.5 Å². The Balaban J connectivity index is 1.53. The molecule has 0 radical (unpaired) electrons. The van der Waals surface area contributed by atoms with Gasteiger partial charge >= 0.3 is 0 Å². The number of nitrogens with one attached hydrogen (secondary N) is 2. The molecule has 7 heteroatoms. The Bertz CT molecular complexity index is 1160. The molecule has 0 atom stereocenters. The molecular formula is C22H17FN4OS. The molecule has 144 valence electrons. The van der Waals surface area contributed by atoms with Crippen molar-refractivity contribution in [3.05, 3.63) is 89.3 Å². The van der Waals surface area contributed by atoms with Crippen LogP contribution in [0.25, 0.3) is 11.3 Å². The molecule has 2 heterocycles. The number of aryl methyl sites for hydroxylation is 1. The molecule has 5 nitrogen and oxygen atoms in total. The summed E-state index contributed by atoms with van der Waals surface area (Å²) in [7, 11) is 0. The SMILES string of the molecule is Cc1ccc(C(=O)Nc2cccc(F)c2)cc1Nc1nc(-c2ccncc2)cs1. The zero-order valence-corrected chi connectivity index (χ0v) is 16.3. The third kappa shape index (κ3) is 4.47. The maximum atomic E-state index is 13.3. The molecule has 0 aliphatic carbocycles. The molecule has 0 aliphatic rings. The predicted octanol–water partition coefficient (Wildman–Crippen LogP) is 5.65. The van der Waals surface area contributed by atoms with Crippen LogP contribution in [0.5, 0.6) is 0 Å². The second-order valence-corrected chi connectivity index (χ2v) is 7.25. The van der Waals surface area contributed by atoms with Gasteiger partial charge in [0, 0.05) is 40.3 Å². The lowest BCUT2D eigenvalue weighted by Crippen LogP contribution is -2.12. The van der Waals surface area contributed by atoms with Gasteiger partial charge in [0.15, 0.2) is 5.13 Å². The van der Waals surface area contributed by atoms with Crippen molar-refractivity contribution in [1.29, 1.82) is 0 Å². The first-order valence-corrected chi connectivity index (χ1v) is 9.77.